The maximum Gasteiger partial charge on any atom is 0.122 e. The fourth-order valence-electron chi connectivity index (χ4n) is 1.45. The van der Waals surface area contributed by atoms with Gasteiger partial charge in [0.25, 0.3) is 0 Å². The van der Waals surface area contributed by atoms with Gasteiger partial charge in [-0.15, -0.1) is 0 Å². The van der Waals surface area contributed by atoms with Crippen molar-refractivity contribution in [2.24, 2.45) is 11.7 Å². The van der Waals surface area contributed by atoms with Gasteiger partial charge in [-0.05, 0) is 43.0 Å². The molecule has 0 aliphatic carbocycles. The molecule has 0 heterocycles. The SMILES string of the molecule is CC(C)COc1ccc(Br)cc1CC(C)N. The topological polar surface area (TPSA) is 35.2 Å². The van der Waals surface area contributed by atoms with E-state index in [9.17, 15) is 0 Å². The van der Waals surface area contributed by atoms with Crippen LogP contribution in [-0.2, 0) is 6.42 Å². The Morgan fingerprint density at radius 3 is 2.56 bits per heavy atom. The molecule has 1 aromatic carbocycles. The van der Waals surface area contributed by atoms with E-state index in [0.717, 1.165) is 23.2 Å². The highest BCUT2D eigenvalue weighted by Gasteiger charge is 2.07. The number of benzene rings is 1. The van der Waals surface area contributed by atoms with Crippen molar-refractivity contribution in [3.05, 3.63) is 28.2 Å². The fourth-order valence-corrected chi connectivity index (χ4v) is 1.86. The third-order valence-electron chi connectivity index (χ3n) is 2.14. The Hall–Kier alpha value is -0.540. The van der Waals surface area contributed by atoms with Crippen molar-refractivity contribution in [2.45, 2.75) is 33.2 Å². The zero-order valence-corrected chi connectivity index (χ0v) is 11.8. The Morgan fingerprint density at radius 1 is 1.31 bits per heavy atom. The summed E-state index contributed by atoms with van der Waals surface area (Å²) >= 11 is 3.47. The van der Waals surface area contributed by atoms with E-state index >= 15 is 0 Å². The zero-order chi connectivity index (χ0) is 12.1. The summed E-state index contributed by atoms with van der Waals surface area (Å²) in [7, 11) is 0. The highest BCUT2D eigenvalue weighted by atomic mass is 79.9. The molecule has 3 heteroatoms. The van der Waals surface area contributed by atoms with Crippen LogP contribution < -0.4 is 10.5 Å². The molecule has 0 fully saturated rings. The summed E-state index contributed by atoms with van der Waals surface area (Å²) in [4.78, 5) is 0. The van der Waals surface area contributed by atoms with Gasteiger partial charge >= 0.3 is 0 Å². The molecule has 0 amide bonds. The highest BCUT2D eigenvalue weighted by Crippen LogP contribution is 2.24. The molecule has 1 rings (SSSR count). The number of rotatable bonds is 5. The minimum Gasteiger partial charge on any atom is -0.493 e. The van der Waals surface area contributed by atoms with Crippen LogP contribution in [0.25, 0.3) is 0 Å². The molecular weight excluding hydrogens is 266 g/mol. The molecule has 0 aliphatic rings. The van der Waals surface area contributed by atoms with Gasteiger partial charge in [0.1, 0.15) is 5.75 Å². The van der Waals surface area contributed by atoms with E-state index in [2.05, 4.69) is 35.8 Å². The van der Waals surface area contributed by atoms with Gasteiger partial charge in [-0.3, -0.25) is 0 Å². The van der Waals surface area contributed by atoms with Crippen LogP contribution in [0, 0.1) is 5.92 Å². The fraction of sp³-hybridized carbons (Fsp3) is 0.538. The summed E-state index contributed by atoms with van der Waals surface area (Å²) in [5.74, 6) is 1.49. The van der Waals surface area contributed by atoms with Gasteiger partial charge in [-0.1, -0.05) is 29.8 Å². The molecule has 1 atom stereocenters. The van der Waals surface area contributed by atoms with E-state index in [0.29, 0.717) is 5.92 Å². The summed E-state index contributed by atoms with van der Waals surface area (Å²) < 4.78 is 6.85. The van der Waals surface area contributed by atoms with E-state index in [1.807, 2.05) is 19.1 Å². The van der Waals surface area contributed by atoms with E-state index in [4.69, 9.17) is 10.5 Å². The van der Waals surface area contributed by atoms with Crippen LogP contribution in [0.5, 0.6) is 5.75 Å². The molecule has 2 N–H and O–H groups in total. The van der Waals surface area contributed by atoms with Crippen LogP contribution in [-0.4, -0.2) is 12.6 Å². The molecule has 90 valence electrons. The largest absolute Gasteiger partial charge is 0.493 e. The first-order valence-corrected chi connectivity index (χ1v) is 6.45. The van der Waals surface area contributed by atoms with Crippen LogP contribution in [0.4, 0.5) is 0 Å². The molecule has 0 radical (unpaired) electrons. The first kappa shape index (κ1) is 13.5. The van der Waals surface area contributed by atoms with Crippen molar-refractivity contribution in [1.82, 2.24) is 0 Å². The monoisotopic (exact) mass is 285 g/mol. The van der Waals surface area contributed by atoms with Crippen LogP contribution in [0.15, 0.2) is 22.7 Å². The maximum atomic E-state index is 5.83. The van der Waals surface area contributed by atoms with Crippen molar-refractivity contribution in [3.8, 4) is 5.75 Å². The quantitative estimate of drug-likeness (QED) is 0.900. The van der Waals surface area contributed by atoms with Gasteiger partial charge in [-0.25, -0.2) is 0 Å². The Balaban J connectivity index is 2.80. The lowest BCUT2D eigenvalue weighted by molar-refractivity contribution is 0.268. The number of hydrogen-bond acceptors (Lipinski definition) is 2. The summed E-state index contributed by atoms with van der Waals surface area (Å²) in [5.41, 5.74) is 7.00. The molecule has 1 aromatic rings. The van der Waals surface area contributed by atoms with Gasteiger partial charge < -0.3 is 10.5 Å². The average molecular weight is 286 g/mol. The second-order valence-electron chi connectivity index (χ2n) is 4.64. The first-order valence-electron chi connectivity index (χ1n) is 5.66. The van der Waals surface area contributed by atoms with Gasteiger partial charge in [0.05, 0.1) is 6.61 Å². The smallest absolute Gasteiger partial charge is 0.122 e. The molecule has 0 saturated carbocycles. The van der Waals surface area contributed by atoms with Crippen molar-refractivity contribution in [2.75, 3.05) is 6.61 Å². The molecule has 16 heavy (non-hydrogen) atoms. The molecule has 0 bridgehead atoms. The minimum absolute atomic E-state index is 0.149. The molecular formula is C13H20BrNO. The van der Waals surface area contributed by atoms with Crippen LogP contribution >= 0.6 is 15.9 Å². The van der Waals surface area contributed by atoms with Crippen molar-refractivity contribution in [1.29, 1.82) is 0 Å². The number of ether oxygens (including phenoxy) is 1. The van der Waals surface area contributed by atoms with Gasteiger partial charge in [0.15, 0.2) is 0 Å². The Bertz CT molecular complexity index is 337. The third kappa shape index (κ3) is 4.54. The zero-order valence-electron chi connectivity index (χ0n) is 10.2. The van der Waals surface area contributed by atoms with Crippen LogP contribution in [0.3, 0.4) is 0 Å². The average Bonchev–Trinajstić information content (AvgIpc) is 2.15. The first-order chi connectivity index (χ1) is 7.49. The Morgan fingerprint density at radius 2 is 2.00 bits per heavy atom. The lowest BCUT2D eigenvalue weighted by atomic mass is 10.1. The number of hydrogen-bond donors (Lipinski definition) is 1. The molecule has 0 aromatic heterocycles. The van der Waals surface area contributed by atoms with Gasteiger partial charge in [-0.2, -0.15) is 0 Å². The summed E-state index contributed by atoms with van der Waals surface area (Å²) in [5, 5.41) is 0. The Labute approximate surface area is 106 Å². The molecule has 0 saturated heterocycles. The third-order valence-corrected chi connectivity index (χ3v) is 2.63. The van der Waals surface area contributed by atoms with Crippen molar-refractivity contribution >= 4 is 15.9 Å². The molecule has 0 spiro atoms. The number of halogens is 1. The maximum absolute atomic E-state index is 5.83. The van der Waals surface area contributed by atoms with E-state index in [-0.39, 0.29) is 6.04 Å². The van der Waals surface area contributed by atoms with Crippen molar-refractivity contribution < 1.29 is 4.74 Å². The van der Waals surface area contributed by atoms with E-state index in [1.54, 1.807) is 0 Å². The van der Waals surface area contributed by atoms with Gasteiger partial charge in [0, 0.05) is 10.5 Å². The lowest BCUT2D eigenvalue weighted by Gasteiger charge is -2.14. The molecule has 2 nitrogen and oxygen atoms in total. The summed E-state index contributed by atoms with van der Waals surface area (Å²) in [6, 6.07) is 6.24. The minimum atomic E-state index is 0.149. The second-order valence-corrected chi connectivity index (χ2v) is 5.55. The normalized spacial score (nSPS) is 12.9. The van der Waals surface area contributed by atoms with Crippen LogP contribution in [0.2, 0.25) is 0 Å². The van der Waals surface area contributed by atoms with Crippen molar-refractivity contribution in [3.63, 3.8) is 0 Å². The Kier molecular flexibility index (Phi) is 5.29. The summed E-state index contributed by atoms with van der Waals surface area (Å²) in [6.07, 6.45) is 0.840. The number of nitrogens with two attached hydrogens (primary N) is 1. The lowest BCUT2D eigenvalue weighted by Crippen LogP contribution is -2.18. The standard InChI is InChI=1S/C13H20BrNO/c1-9(2)8-16-13-5-4-12(14)7-11(13)6-10(3)15/h4-5,7,9-10H,6,8,15H2,1-3H3. The molecule has 1 unspecified atom stereocenters. The second kappa shape index (κ2) is 6.26. The predicted octanol–water partition coefficient (Wildman–Crippen LogP) is 3.37. The summed E-state index contributed by atoms with van der Waals surface area (Å²) in [6.45, 7) is 7.04. The van der Waals surface area contributed by atoms with Crippen LogP contribution in [0.1, 0.15) is 26.3 Å². The highest BCUT2D eigenvalue weighted by molar-refractivity contribution is 9.10. The van der Waals surface area contributed by atoms with E-state index in [1.165, 1.54) is 5.56 Å². The van der Waals surface area contributed by atoms with Gasteiger partial charge in [0.2, 0.25) is 0 Å². The predicted molar refractivity (Wildman–Crippen MR) is 71.8 cm³/mol. The van der Waals surface area contributed by atoms with E-state index < -0.39 is 0 Å². The molecule has 0 aliphatic heterocycles.